The van der Waals surface area contributed by atoms with Crippen LogP contribution in [0.1, 0.15) is 129 Å². The molecule has 2 atom stereocenters. The van der Waals surface area contributed by atoms with Crippen LogP contribution < -0.4 is 0 Å². The number of aromatic nitrogens is 2. The van der Waals surface area contributed by atoms with Crippen molar-refractivity contribution in [3.05, 3.63) is 56.2 Å². The molecule has 0 aliphatic heterocycles. The van der Waals surface area contributed by atoms with Gasteiger partial charge in [0.25, 0.3) is 0 Å². The average molecular weight is 463 g/mol. The molecule has 0 fully saturated rings. The predicted octanol–water partition coefficient (Wildman–Crippen LogP) is 9.62. The molecular formula is C32H50N2. The first kappa shape index (κ1) is 26.6. The Morgan fingerprint density at radius 3 is 1.06 bits per heavy atom. The normalized spacial score (nSPS) is 19.9. The molecule has 188 valence electrons. The fourth-order valence-corrected chi connectivity index (χ4v) is 7.27. The quantitative estimate of drug-likeness (QED) is 0.359. The van der Waals surface area contributed by atoms with Gasteiger partial charge in [0.15, 0.2) is 0 Å². The van der Waals surface area contributed by atoms with Gasteiger partial charge >= 0.3 is 0 Å². The molecular weight excluding hydrogens is 412 g/mol. The van der Waals surface area contributed by atoms with Gasteiger partial charge in [0.05, 0.1) is 0 Å². The van der Waals surface area contributed by atoms with E-state index >= 15 is 0 Å². The summed E-state index contributed by atoms with van der Waals surface area (Å²) < 4.78 is 4.99. The highest BCUT2D eigenvalue weighted by Gasteiger charge is 2.37. The number of hydrogen-bond acceptors (Lipinski definition) is 0. The second-order valence-corrected chi connectivity index (χ2v) is 11.8. The van der Waals surface area contributed by atoms with Crippen LogP contribution in [0.2, 0.25) is 0 Å². The topological polar surface area (TPSA) is 9.86 Å². The second-order valence-electron chi connectivity index (χ2n) is 11.8. The summed E-state index contributed by atoms with van der Waals surface area (Å²) >= 11 is 0. The Balaban J connectivity index is 0.000000192. The lowest BCUT2D eigenvalue weighted by Crippen LogP contribution is -2.11. The molecule has 2 aromatic heterocycles. The SMILES string of the molecule is Cc1c(C)c(C)c2c(C)n(C(C)C)c(C)c2c1C.Cc1c2c(c(C)n1C(C)C)C(C)C(C)C2C. The summed E-state index contributed by atoms with van der Waals surface area (Å²) in [4.78, 5) is 0. The van der Waals surface area contributed by atoms with Crippen LogP contribution in [0.15, 0.2) is 0 Å². The van der Waals surface area contributed by atoms with Crippen LogP contribution in [0.25, 0.3) is 10.8 Å². The third-order valence-corrected chi connectivity index (χ3v) is 9.45. The van der Waals surface area contributed by atoms with Crippen LogP contribution >= 0.6 is 0 Å². The summed E-state index contributed by atoms with van der Waals surface area (Å²) in [5, 5.41) is 2.95. The van der Waals surface area contributed by atoms with Gasteiger partial charge in [0.2, 0.25) is 0 Å². The first-order chi connectivity index (χ1) is 15.7. The number of aryl methyl sites for hydroxylation is 4. The molecule has 0 spiro atoms. The van der Waals surface area contributed by atoms with E-state index in [2.05, 4.69) is 113 Å². The molecule has 3 aromatic rings. The summed E-state index contributed by atoms with van der Waals surface area (Å²) in [6, 6.07) is 1.11. The Morgan fingerprint density at radius 1 is 0.471 bits per heavy atom. The number of nitrogens with zero attached hydrogens (tertiary/aromatic N) is 2. The van der Waals surface area contributed by atoms with Crippen molar-refractivity contribution in [1.29, 1.82) is 0 Å². The monoisotopic (exact) mass is 462 g/mol. The van der Waals surface area contributed by atoms with E-state index < -0.39 is 0 Å². The highest BCUT2D eigenvalue weighted by atomic mass is 15.0. The fourth-order valence-electron chi connectivity index (χ4n) is 7.27. The van der Waals surface area contributed by atoms with Gasteiger partial charge in [0, 0.05) is 45.6 Å². The zero-order valence-electron chi connectivity index (χ0n) is 24.8. The van der Waals surface area contributed by atoms with E-state index in [0.717, 1.165) is 17.8 Å². The predicted molar refractivity (Wildman–Crippen MR) is 151 cm³/mol. The molecule has 4 rings (SSSR count). The second kappa shape index (κ2) is 9.25. The Morgan fingerprint density at radius 2 is 0.765 bits per heavy atom. The number of benzene rings is 1. The van der Waals surface area contributed by atoms with Crippen LogP contribution in [0.4, 0.5) is 0 Å². The highest BCUT2D eigenvalue weighted by molar-refractivity contribution is 5.95. The van der Waals surface area contributed by atoms with E-state index in [1.54, 1.807) is 11.1 Å². The standard InChI is InChI=1S/C17H25N.C15H25N/c1-9(2)18-14(7)16-12(5)10(3)11(4)13(6)17(16)15(18)8;1-8(2)16-12(6)14-10(4)9(3)11(5)15(14)13(16)7/h9H,1-8H3;8-11H,1-7H3. The zero-order chi connectivity index (χ0) is 26.0. The van der Waals surface area contributed by atoms with E-state index in [1.165, 1.54) is 55.8 Å². The van der Waals surface area contributed by atoms with Crippen LogP contribution in [-0.4, -0.2) is 9.13 Å². The minimum atomic E-state index is 0.525. The first-order valence-corrected chi connectivity index (χ1v) is 13.4. The van der Waals surface area contributed by atoms with Crippen molar-refractivity contribution in [1.82, 2.24) is 9.13 Å². The fraction of sp³-hybridized carbons (Fsp3) is 0.625. The molecule has 0 saturated heterocycles. The molecule has 2 nitrogen and oxygen atoms in total. The van der Waals surface area contributed by atoms with Gasteiger partial charge in [-0.1, -0.05) is 20.8 Å². The Kier molecular flexibility index (Phi) is 7.25. The van der Waals surface area contributed by atoms with E-state index in [9.17, 15) is 0 Å². The van der Waals surface area contributed by atoms with Gasteiger partial charge in [-0.2, -0.15) is 0 Å². The minimum absolute atomic E-state index is 0.525. The molecule has 0 bridgehead atoms. The van der Waals surface area contributed by atoms with Crippen molar-refractivity contribution in [3.63, 3.8) is 0 Å². The van der Waals surface area contributed by atoms with Crippen molar-refractivity contribution >= 4 is 10.8 Å². The van der Waals surface area contributed by atoms with E-state index in [1.807, 2.05) is 0 Å². The van der Waals surface area contributed by atoms with Gasteiger partial charge in [-0.05, 0) is 134 Å². The summed E-state index contributed by atoms with van der Waals surface area (Å²) in [6.45, 7) is 34.4. The van der Waals surface area contributed by atoms with Gasteiger partial charge in [-0.15, -0.1) is 0 Å². The Bertz CT molecular complexity index is 1140. The third-order valence-electron chi connectivity index (χ3n) is 9.45. The maximum Gasteiger partial charge on any atom is 0.0279 e. The molecule has 0 amide bonds. The molecule has 2 unspecified atom stereocenters. The van der Waals surface area contributed by atoms with Crippen LogP contribution in [0.3, 0.4) is 0 Å². The molecule has 2 heteroatoms. The van der Waals surface area contributed by atoms with E-state index in [-0.39, 0.29) is 0 Å². The summed E-state index contributed by atoms with van der Waals surface area (Å²) in [7, 11) is 0. The van der Waals surface area contributed by atoms with Gasteiger partial charge in [0.1, 0.15) is 0 Å². The lowest BCUT2D eigenvalue weighted by molar-refractivity contribution is 0.451. The number of fused-ring (bicyclic) bond motifs is 2. The number of hydrogen-bond donors (Lipinski definition) is 0. The maximum atomic E-state index is 2.52. The van der Waals surface area contributed by atoms with Gasteiger partial charge in [-0.3, -0.25) is 0 Å². The Labute approximate surface area is 209 Å². The average Bonchev–Trinajstić information content (AvgIpc) is 3.27. The smallest absolute Gasteiger partial charge is 0.0279 e. The molecule has 0 N–H and O–H groups in total. The lowest BCUT2D eigenvalue weighted by atomic mass is 9.90. The third kappa shape index (κ3) is 3.76. The van der Waals surface area contributed by atoms with E-state index in [4.69, 9.17) is 0 Å². The van der Waals surface area contributed by atoms with Crippen molar-refractivity contribution in [2.45, 2.75) is 128 Å². The molecule has 34 heavy (non-hydrogen) atoms. The molecule has 0 radical (unpaired) electrons. The molecule has 1 aromatic carbocycles. The zero-order valence-corrected chi connectivity index (χ0v) is 24.8. The van der Waals surface area contributed by atoms with Crippen molar-refractivity contribution < 1.29 is 0 Å². The van der Waals surface area contributed by atoms with Crippen LogP contribution in [-0.2, 0) is 0 Å². The van der Waals surface area contributed by atoms with E-state index in [0.29, 0.717) is 12.1 Å². The minimum Gasteiger partial charge on any atom is -0.346 e. The van der Waals surface area contributed by atoms with Crippen molar-refractivity contribution in [3.8, 4) is 0 Å². The van der Waals surface area contributed by atoms with Crippen LogP contribution in [0, 0.1) is 61.3 Å². The number of rotatable bonds is 2. The summed E-state index contributed by atoms with van der Waals surface area (Å²) in [5.74, 6) is 2.25. The van der Waals surface area contributed by atoms with Gasteiger partial charge < -0.3 is 9.13 Å². The molecule has 2 heterocycles. The Hall–Kier alpha value is -1.96. The lowest BCUT2D eigenvalue weighted by Gasteiger charge is -2.21. The van der Waals surface area contributed by atoms with Gasteiger partial charge in [-0.25, -0.2) is 0 Å². The van der Waals surface area contributed by atoms with Crippen LogP contribution in [0.5, 0.6) is 0 Å². The van der Waals surface area contributed by atoms with Crippen molar-refractivity contribution in [2.24, 2.45) is 5.92 Å². The molecule has 0 saturated carbocycles. The summed E-state index contributed by atoms with van der Waals surface area (Å²) in [6.07, 6.45) is 0. The molecule has 1 aliphatic rings. The highest BCUT2D eigenvalue weighted by Crippen LogP contribution is 2.50. The first-order valence-electron chi connectivity index (χ1n) is 13.4. The molecule has 1 aliphatic carbocycles. The summed E-state index contributed by atoms with van der Waals surface area (Å²) in [5.41, 5.74) is 14.9. The largest absolute Gasteiger partial charge is 0.346 e. The maximum absolute atomic E-state index is 2.52. The van der Waals surface area contributed by atoms with Crippen molar-refractivity contribution in [2.75, 3.05) is 0 Å².